The van der Waals surface area contributed by atoms with Crippen LogP contribution in [0, 0.1) is 5.92 Å². The topological polar surface area (TPSA) is 64.2 Å². The molecule has 1 fully saturated rings. The first-order chi connectivity index (χ1) is 10.6. The molecule has 0 saturated carbocycles. The minimum Gasteiger partial charge on any atom is -0.369 e. The van der Waals surface area contributed by atoms with Crippen molar-refractivity contribution in [3.05, 3.63) is 47.5 Å². The summed E-state index contributed by atoms with van der Waals surface area (Å²) >= 11 is 6.19. The van der Waals surface area contributed by atoms with Crippen LogP contribution < -0.4 is 5.73 Å². The summed E-state index contributed by atoms with van der Waals surface area (Å²) in [7, 11) is 0. The molecule has 1 amide bonds. The summed E-state index contributed by atoms with van der Waals surface area (Å²) in [4.78, 5) is 17.8. The van der Waals surface area contributed by atoms with E-state index >= 15 is 0 Å². The van der Waals surface area contributed by atoms with Crippen molar-refractivity contribution in [2.24, 2.45) is 11.7 Å². The Morgan fingerprint density at radius 1 is 1.41 bits per heavy atom. The van der Waals surface area contributed by atoms with Crippen molar-refractivity contribution >= 4 is 17.5 Å². The lowest BCUT2D eigenvalue weighted by molar-refractivity contribution is -0.123. The number of hydrogen-bond acceptors (Lipinski definition) is 3. The van der Waals surface area contributed by atoms with E-state index < -0.39 is 0 Å². The average molecular weight is 319 g/mol. The van der Waals surface area contributed by atoms with Crippen LogP contribution in [0.1, 0.15) is 18.5 Å². The predicted molar refractivity (Wildman–Crippen MR) is 85.8 cm³/mol. The molecule has 22 heavy (non-hydrogen) atoms. The normalized spacial score (nSPS) is 19.2. The SMILES string of the molecule is NC(=O)C1CCCN(Cc2cccn2-c2cccnc2Cl)C1. The number of nitrogens with zero attached hydrogens (tertiary/aromatic N) is 3. The van der Waals surface area contributed by atoms with Gasteiger partial charge in [-0.15, -0.1) is 0 Å². The molecule has 2 aromatic rings. The number of carbonyl (C=O) groups is 1. The number of halogens is 1. The Labute approximate surface area is 134 Å². The van der Waals surface area contributed by atoms with Gasteiger partial charge in [-0.1, -0.05) is 11.6 Å². The molecule has 0 aromatic carbocycles. The molecule has 1 aliphatic heterocycles. The summed E-state index contributed by atoms with van der Waals surface area (Å²) in [6.07, 6.45) is 5.55. The van der Waals surface area contributed by atoms with E-state index in [-0.39, 0.29) is 11.8 Å². The highest BCUT2D eigenvalue weighted by atomic mass is 35.5. The summed E-state index contributed by atoms with van der Waals surface area (Å²) in [5, 5.41) is 0.480. The van der Waals surface area contributed by atoms with Crippen LogP contribution in [0.15, 0.2) is 36.7 Å². The molecule has 1 aliphatic rings. The van der Waals surface area contributed by atoms with Gasteiger partial charge in [0.2, 0.25) is 5.91 Å². The number of amides is 1. The van der Waals surface area contributed by atoms with Crippen LogP contribution in [0.25, 0.3) is 5.69 Å². The van der Waals surface area contributed by atoms with Gasteiger partial charge in [0, 0.05) is 31.2 Å². The molecule has 116 valence electrons. The van der Waals surface area contributed by atoms with E-state index in [1.165, 1.54) is 0 Å². The Morgan fingerprint density at radius 2 is 2.27 bits per heavy atom. The lowest BCUT2D eigenvalue weighted by Crippen LogP contribution is -2.40. The summed E-state index contributed by atoms with van der Waals surface area (Å²) in [5.74, 6) is -0.241. The number of rotatable bonds is 4. The van der Waals surface area contributed by atoms with Gasteiger partial charge in [0.1, 0.15) is 0 Å². The molecule has 3 rings (SSSR count). The highest BCUT2D eigenvalue weighted by molar-refractivity contribution is 6.31. The van der Waals surface area contributed by atoms with Crippen LogP contribution in [0.3, 0.4) is 0 Å². The van der Waals surface area contributed by atoms with Crippen LogP contribution in [0.2, 0.25) is 5.15 Å². The molecule has 0 radical (unpaired) electrons. The van der Waals surface area contributed by atoms with E-state index in [0.717, 1.165) is 43.9 Å². The Hall–Kier alpha value is -1.85. The molecule has 1 atom stereocenters. The Bertz CT molecular complexity index is 670. The van der Waals surface area contributed by atoms with Crippen LogP contribution in [-0.2, 0) is 11.3 Å². The van der Waals surface area contributed by atoms with Crippen LogP contribution in [0.4, 0.5) is 0 Å². The average Bonchev–Trinajstić information content (AvgIpc) is 2.96. The predicted octanol–water partition coefficient (Wildman–Crippen LogP) is 2.22. The second-order valence-electron chi connectivity index (χ2n) is 5.66. The van der Waals surface area contributed by atoms with Crippen molar-refractivity contribution < 1.29 is 4.79 Å². The van der Waals surface area contributed by atoms with Crippen LogP contribution >= 0.6 is 11.6 Å². The molecule has 0 spiro atoms. The molecule has 0 aliphatic carbocycles. The third-order valence-corrected chi connectivity index (χ3v) is 4.42. The maximum absolute atomic E-state index is 11.4. The third-order valence-electron chi connectivity index (χ3n) is 4.13. The van der Waals surface area contributed by atoms with E-state index in [1.807, 2.05) is 29.0 Å². The number of aromatic nitrogens is 2. The first-order valence-electron chi connectivity index (χ1n) is 7.44. The van der Waals surface area contributed by atoms with Crippen molar-refractivity contribution in [2.75, 3.05) is 13.1 Å². The number of pyridine rings is 1. The number of primary amides is 1. The highest BCUT2D eigenvalue weighted by Gasteiger charge is 2.24. The van der Waals surface area contributed by atoms with Gasteiger partial charge in [-0.3, -0.25) is 9.69 Å². The molecule has 2 aromatic heterocycles. The summed E-state index contributed by atoms with van der Waals surface area (Å²) in [6.45, 7) is 2.47. The van der Waals surface area contributed by atoms with E-state index in [4.69, 9.17) is 17.3 Å². The van der Waals surface area contributed by atoms with Gasteiger partial charge in [-0.05, 0) is 43.7 Å². The molecule has 2 N–H and O–H groups in total. The number of hydrogen-bond donors (Lipinski definition) is 1. The molecule has 5 nitrogen and oxygen atoms in total. The fourth-order valence-corrected chi connectivity index (χ4v) is 3.21. The number of likely N-dealkylation sites (tertiary alicyclic amines) is 1. The third kappa shape index (κ3) is 3.15. The van der Waals surface area contributed by atoms with Gasteiger partial charge in [-0.2, -0.15) is 0 Å². The molecule has 6 heteroatoms. The minimum atomic E-state index is -0.199. The number of piperidine rings is 1. The standard InChI is InChI=1S/C16H19ClN4O/c17-15-14(6-1-7-19-15)21-9-3-5-13(21)11-20-8-2-4-12(10-20)16(18)22/h1,3,5-7,9,12H,2,4,8,10-11H2,(H2,18,22). The van der Waals surface area contributed by atoms with Gasteiger partial charge < -0.3 is 10.3 Å². The fourth-order valence-electron chi connectivity index (χ4n) is 3.00. The van der Waals surface area contributed by atoms with Crippen molar-refractivity contribution in [1.29, 1.82) is 0 Å². The smallest absolute Gasteiger partial charge is 0.221 e. The zero-order valence-electron chi connectivity index (χ0n) is 12.3. The number of nitrogens with two attached hydrogens (primary N) is 1. The Balaban J connectivity index is 1.78. The van der Waals surface area contributed by atoms with Gasteiger partial charge in [0.25, 0.3) is 0 Å². The van der Waals surface area contributed by atoms with E-state index in [0.29, 0.717) is 5.15 Å². The van der Waals surface area contributed by atoms with Crippen molar-refractivity contribution in [3.63, 3.8) is 0 Å². The first-order valence-corrected chi connectivity index (χ1v) is 7.82. The zero-order valence-corrected chi connectivity index (χ0v) is 13.0. The van der Waals surface area contributed by atoms with Crippen molar-refractivity contribution in [3.8, 4) is 5.69 Å². The summed E-state index contributed by atoms with van der Waals surface area (Å²) < 4.78 is 2.04. The van der Waals surface area contributed by atoms with Gasteiger partial charge >= 0.3 is 0 Å². The molecule has 1 saturated heterocycles. The lowest BCUT2D eigenvalue weighted by atomic mass is 9.97. The molecular weight excluding hydrogens is 300 g/mol. The van der Waals surface area contributed by atoms with Crippen LogP contribution in [0.5, 0.6) is 0 Å². The Morgan fingerprint density at radius 3 is 3.05 bits per heavy atom. The minimum absolute atomic E-state index is 0.0425. The quantitative estimate of drug-likeness (QED) is 0.879. The second-order valence-corrected chi connectivity index (χ2v) is 6.02. The number of carbonyl (C=O) groups excluding carboxylic acids is 1. The summed E-state index contributed by atoms with van der Waals surface area (Å²) in [6, 6.07) is 7.88. The van der Waals surface area contributed by atoms with Crippen molar-refractivity contribution in [2.45, 2.75) is 19.4 Å². The largest absolute Gasteiger partial charge is 0.369 e. The maximum atomic E-state index is 11.4. The first kappa shape index (κ1) is 15.1. The van der Waals surface area contributed by atoms with E-state index in [1.54, 1.807) is 6.20 Å². The molecule has 0 bridgehead atoms. The Kier molecular flexibility index (Phi) is 4.45. The van der Waals surface area contributed by atoms with Crippen LogP contribution in [-0.4, -0.2) is 33.4 Å². The lowest BCUT2D eigenvalue weighted by Gasteiger charge is -2.31. The van der Waals surface area contributed by atoms with E-state index in [2.05, 4.69) is 16.0 Å². The summed E-state index contributed by atoms with van der Waals surface area (Å²) in [5.41, 5.74) is 7.44. The van der Waals surface area contributed by atoms with Gasteiger partial charge in [0.05, 0.1) is 11.6 Å². The highest BCUT2D eigenvalue weighted by Crippen LogP contribution is 2.23. The van der Waals surface area contributed by atoms with Gasteiger partial charge in [-0.25, -0.2) is 4.98 Å². The maximum Gasteiger partial charge on any atom is 0.221 e. The zero-order chi connectivity index (χ0) is 15.5. The van der Waals surface area contributed by atoms with Gasteiger partial charge in [0.15, 0.2) is 5.15 Å². The monoisotopic (exact) mass is 318 g/mol. The van der Waals surface area contributed by atoms with Crippen molar-refractivity contribution in [1.82, 2.24) is 14.5 Å². The molecule has 1 unspecified atom stereocenters. The molecular formula is C16H19ClN4O. The second kappa shape index (κ2) is 6.50. The van der Waals surface area contributed by atoms with E-state index in [9.17, 15) is 4.79 Å². The molecule has 3 heterocycles. The fraction of sp³-hybridized carbons (Fsp3) is 0.375.